The summed E-state index contributed by atoms with van der Waals surface area (Å²) in [4.78, 5) is 1.75. The third-order valence-electron chi connectivity index (χ3n) is 1.75. The second kappa shape index (κ2) is 3.08. The van der Waals surface area contributed by atoms with Crippen LogP contribution < -0.4 is 0 Å². The van der Waals surface area contributed by atoms with Crippen molar-refractivity contribution in [3.05, 3.63) is 0 Å². The maximum Gasteiger partial charge on any atom is 0.266 e. The Hall–Kier alpha value is -0.130. The SMILES string of the molecule is CN(C)C(C)(C)CS(=O)(=O)O. The maximum atomic E-state index is 10.5. The Morgan fingerprint density at radius 3 is 1.82 bits per heavy atom. The molecule has 0 fully saturated rings. The highest BCUT2D eigenvalue weighted by atomic mass is 32.2. The largest absolute Gasteiger partial charge is 0.303 e. The van der Waals surface area contributed by atoms with Crippen LogP contribution in [0.5, 0.6) is 0 Å². The van der Waals surface area contributed by atoms with Gasteiger partial charge in [0.2, 0.25) is 0 Å². The normalized spacial score (nSPS) is 14.0. The molecular weight excluding hydrogens is 166 g/mol. The van der Waals surface area contributed by atoms with Gasteiger partial charge in [-0.3, -0.25) is 4.55 Å². The van der Waals surface area contributed by atoms with Crippen molar-refractivity contribution in [1.29, 1.82) is 0 Å². The van der Waals surface area contributed by atoms with Crippen LogP contribution in [0, 0.1) is 0 Å². The Morgan fingerprint density at radius 2 is 1.73 bits per heavy atom. The van der Waals surface area contributed by atoms with Crippen LogP contribution in [0.1, 0.15) is 13.8 Å². The van der Waals surface area contributed by atoms with Crippen LogP contribution in [-0.2, 0) is 10.1 Å². The predicted octanol–water partition coefficient (Wildman–Crippen LogP) is 0.214. The van der Waals surface area contributed by atoms with Crippen LogP contribution in [0.4, 0.5) is 0 Å². The molecule has 0 radical (unpaired) electrons. The predicted molar refractivity (Wildman–Crippen MR) is 44.2 cm³/mol. The van der Waals surface area contributed by atoms with Crippen molar-refractivity contribution in [2.24, 2.45) is 0 Å². The van der Waals surface area contributed by atoms with Gasteiger partial charge in [-0.25, -0.2) is 0 Å². The average Bonchev–Trinajstić information content (AvgIpc) is 1.56. The molecule has 0 aliphatic rings. The molecule has 68 valence electrons. The minimum absolute atomic E-state index is 0.243. The van der Waals surface area contributed by atoms with Crippen LogP contribution in [0.3, 0.4) is 0 Å². The van der Waals surface area contributed by atoms with Crippen molar-refractivity contribution in [3.63, 3.8) is 0 Å². The van der Waals surface area contributed by atoms with Gasteiger partial charge in [0.15, 0.2) is 0 Å². The average molecular weight is 181 g/mol. The summed E-state index contributed by atoms with van der Waals surface area (Å²) >= 11 is 0. The zero-order valence-electron chi connectivity index (χ0n) is 7.33. The van der Waals surface area contributed by atoms with E-state index in [0.717, 1.165) is 0 Å². The van der Waals surface area contributed by atoms with Gasteiger partial charge in [-0.05, 0) is 27.9 Å². The van der Waals surface area contributed by atoms with E-state index in [1.807, 2.05) is 0 Å². The number of hydrogen-bond donors (Lipinski definition) is 1. The van der Waals surface area contributed by atoms with Crippen molar-refractivity contribution in [2.75, 3.05) is 19.8 Å². The van der Waals surface area contributed by atoms with Crippen LogP contribution in [-0.4, -0.2) is 43.3 Å². The molecule has 0 atom stereocenters. The fourth-order valence-electron chi connectivity index (χ4n) is 0.575. The summed E-state index contributed by atoms with van der Waals surface area (Å²) in [6.45, 7) is 3.50. The van der Waals surface area contributed by atoms with Gasteiger partial charge in [-0.2, -0.15) is 8.42 Å². The Balaban J connectivity index is 4.38. The summed E-state index contributed by atoms with van der Waals surface area (Å²) in [7, 11) is -0.330. The maximum absolute atomic E-state index is 10.5. The molecule has 11 heavy (non-hydrogen) atoms. The fraction of sp³-hybridized carbons (Fsp3) is 1.00. The first-order chi connectivity index (χ1) is 4.65. The third-order valence-corrected chi connectivity index (χ3v) is 2.82. The highest BCUT2D eigenvalue weighted by Crippen LogP contribution is 2.11. The zero-order valence-corrected chi connectivity index (χ0v) is 8.14. The smallest absolute Gasteiger partial charge is 0.266 e. The van der Waals surface area contributed by atoms with Gasteiger partial charge in [-0.15, -0.1) is 0 Å². The highest BCUT2D eigenvalue weighted by Gasteiger charge is 2.26. The molecule has 0 aliphatic heterocycles. The molecule has 0 saturated heterocycles. The number of nitrogens with zero attached hydrogens (tertiary/aromatic N) is 1. The molecule has 0 amide bonds. The Morgan fingerprint density at radius 1 is 1.36 bits per heavy atom. The second-order valence-electron chi connectivity index (χ2n) is 3.43. The number of hydrogen-bond acceptors (Lipinski definition) is 3. The minimum atomic E-state index is -3.87. The lowest BCUT2D eigenvalue weighted by Gasteiger charge is -2.30. The van der Waals surface area contributed by atoms with Gasteiger partial charge >= 0.3 is 0 Å². The summed E-state index contributed by atoms with van der Waals surface area (Å²) in [5.41, 5.74) is -0.520. The van der Waals surface area contributed by atoms with Crippen molar-refractivity contribution >= 4 is 10.1 Å². The van der Waals surface area contributed by atoms with Crippen molar-refractivity contribution in [2.45, 2.75) is 19.4 Å². The molecule has 0 spiro atoms. The van der Waals surface area contributed by atoms with Crippen LogP contribution in [0.15, 0.2) is 0 Å². The van der Waals surface area contributed by atoms with E-state index in [9.17, 15) is 8.42 Å². The van der Waals surface area contributed by atoms with Gasteiger partial charge in [0.05, 0.1) is 5.75 Å². The Kier molecular flexibility index (Phi) is 3.05. The first-order valence-corrected chi connectivity index (χ1v) is 4.89. The van der Waals surface area contributed by atoms with E-state index >= 15 is 0 Å². The minimum Gasteiger partial charge on any atom is -0.303 e. The lowest BCUT2D eigenvalue weighted by Crippen LogP contribution is -2.44. The molecule has 4 nitrogen and oxygen atoms in total. The molecule has 5 heteroatoms. The molecule has 1 N–H and O–H groups in total. The summed E-state index contributed by atoms with van der Waals surface area (Å²) in [6.07, 6.45) is 0. The quantitative estimate of drug-likeness (QED) is 0.632. The third kappa shape index (κ3) is 4.34. The molecule has 0 heterocycles. The molecule has 0 unspecified atom stereocenters. The van der Waals surface area contributed by atoms with Crippen molar-refractivity contribution < 1.29 is 13.0 Å². The fourth-order valence-corrected chi connectivity index (χ4v) is 1.73. The van der Waals surface area contributed by atoms with Gasteiger partial charge in [0.1, 0.15) is 0 Å². The lowest BCUT2D eigenvalue weighted by atomic mass is 10.1. The lowest BCUT2D eigenvalue weighted by molar-refractivity contribution is 0.218. The second-order valence-corrected chi connectivity index (χ2v) is 4.89. The number of rotatable bonds is 3. The van der Waals surface area contributed by atoms with E-state index < -0.39 is 15.7 Å². The van der Waals surface area contributed by atoms with E-state index in [4.69, 9.17) is 4.55 Å². The molecule has 0 bridgehead atoms. The Labute approximate surface area is 68.0 Å². The standard InChI is InChI=1S/C6H15NO3S/c1-6(2,7(3)4)5-11(8,9)10/h5H2,1-4H3,(H,8,9,10). The summed E-state index contributed by atoms with van der Waals surface area (Å²) in [5, 5.41) is 0. The molecular formula is C6H15NO3S. The van der Waals surface area contributed by atoms with Crippen LogP contribution in [0.2, 0.25) is 0 Å². The van der Waals surface area contributed by atoms with Gasteiger partial charge in [-0.1, -0.05) is 0 Å². The highest BCUT2D eigenvalue weighted by molar-refractivity contribution is 7.85. The van der Waals surface area contributed by atoms with Gasteiger partial charge in [0, 0.05) is 5.54 Å². The van der Waals surface area contributed by atoms with Crippen molar-refractivity contribution in [3.8, 4) is 0 Å². The molecule has 0 aliphatic carbocycles. The van der Waals surface area contributed by atoms with Gasteiger partial charge in [0.25, 0.3) is 10.1 Å². The zero-order chi connectivity index (χ0) is 9.28. The van der Waals surface area contributed by atoms with Gasteiger partial charge < -0.3 is 4.90 Å². The first kappa shape index (κ1) is 10.9. The topological polar surface area (TPSA) is 57.6 Å². The molecule has 0 saturated carbocycles. The van der Waals surface area contributed by atoms with Crippen molar-refractivity contribution in [1.82, 2.24) is 4.90 Å². The molecule has 0 aromatic carbocycles. The summed E-state index contributed by atoms with van der Waals surface area (Å²) < 4.78 is 29.5. The first-order valence-electron chi connectivity index (χ1n) is 3.28. The monoisotopic (exact) mass is 181 g/mol. The molecule has 0 rings (SSSR count). The van der Waals surface area contributed by atoms with Crippen LogP contribution in [0.25, 0.3) is 0 Å². The van der Waals surface area contributed by atoms with E-state index in [-0.39, 0.29) is 5.75 Å². The van der Waals surface area contributed by atoms with E-state index in [0.29, 0.717) is 0 Å². The summed E-state index contributed by atoms with van der Waals surface area (Å²) in [6, 6.07) is 0. The molecule has 0 aromatic rings. The molecule has 0 aromatic heterocycles. The van der Waals surface area contributed by atoms with E-state index in [1.54, 1.807) is 32.8 Å². The van der Waals surface area contributed by atoms with Crippen LogP contribution >= 0.6 is 0 Å². The van der Waals surface area contributed by atoms with E-state index in [1.165, 1.54) is 0 Å². The summed E-state index contributed by atoms with van der Waals surface area (Å²) in [5.74, 6) is -0.243. The van der Waals surface area contributed by atoms with E-state index in [2.05, 4.69) is 0 Å². The Bertz CT molecular complexity index is 218.